The van der Waals surface area contributed by atoms with E-state index in [-0.39, 0.29) is 17.9 Å². The van der Waals surface area contributed by atoms with Crippen molar-refractivity contribution < 1.29 is 4.79 Å². The number of nitrogens with zero attached hydrogens (tertiary/aromatic N) is 3. The monoisotopic (exact) mass is 377 g/mol. The molecule has 0 saturated carbocycles. The van der Waals surface area contributed by atoms with E-state index < -0.39 is 0 Å². The summed E-state index contributed by atoms with van der Waals surface area (Å²) in [5.41, 5.74) is 1.46. The van der Waals surface area contributed by atoms with Crippen molar-refractivity contribution in [2.24, 2.45) is 0 Å². The number of benzene rings is 1. The summed E-state index contributed by atoms with van der Waals surface area (Å²) in [5, 5.41) is 0.545. The molecular formula is C17H20BrN3O2. The molecule has 5 nitrogen and oxygen atoms in total. The zero-order chi connectivity index (χ0) is 17.0. The van der Waals surface area contributed by atoms with E-state index in [1.54, 1.807) is 17.0 Å². The van der Waals surface area contributed by atoms with E-state index in [1.807, 2.05) is 19.9 Å². The number of aromatic nitrogens is 2. The number of amides is 1. The molecule has 0 unspecified atom stereocenters. The Morgan fingerprint density at radius 3 is 2.83 bits per heavy atom. The molecular weight excluding hydrogens is 358 g/mol. The summed E-state index contributed by atoms with van der Waals surface area (Å²) in [6.07, 6.45) is 1.77. The molecule has 1 aromatic carbocycles. The summed E-state index contributed by atoms with van der Waals surface area (Å²) in [5.74, 6) is 0.0109. The van der Waals surface area contributed by atoms with Crippen LogP contribution in [0.3, 0.4) is 0 Å². The lowest BCUT2D eigenvalue weighted by Gasteiger charge is -2.21. The summed E-state index contributed by atoms with van der Waals surface area (Å²) in [6, 6.07) is 5.39. The second-order valence-corrected chi connectivity index (χ2v) is 6.44. The van der Waals surface area contributed by atoms with E-state index >= 15 is 0 Å². The Morgan fingerprint density at radius 2 is 2.17 bits per heavy atom. The second-order valence-electron chi connectivity index (χ2n) is 5.52. The molecule has 6 heteroatoms. The molecule has 0 fully saturated rings. The molecule has 0 radical (unpaired) electrons. The first-order valence-corrected chi connectivity index (χ1v) is 8.28. The van der Waals surface area contributed by atoms with E-state index in [0.29, 0.717) is 30.5 Å². The van der Waals surface area contributed by atoms with Crippen LogP contribution in [0.1, 0.15) is 20.3 Å². The fraction of sp³-hybridized carbons (Fsp3) is 0.353. The van der Waals surface area contributed by atoms with Crippen molar-refractivity contribution in [1.82, 2.24) is 14.5 Å². The molecule has 2 rings (SSSR count). The zero-order valence-electron chi connectivity index (χ0n) is 13.4. The van der Waals surface area contributed by atoms with Crippen molar-refractivity contribution in [2.75, 3.05) is 13.1 Å². The quantitative estimate of drug-likeness (QED) is 0.727. The predicted octanol–water partition coefficient (Wildman–Crippen LogP) is 2.97. The molecule has 122 valence electrons. The average Bonchev–Trinajstić information content (AvgIpc) is 2.52. The van der Waals surface area contributed by atoms with Crippen LogP contribution in [0.15, 0.2) is 45.9 Å². The minimum Gasteiger partial charge on any atom is -0.339 e. The van der Waals surface area contributed by atoms with E-state index in [4.69, 9.17) is 0 Å². The van der Waals surface area contributed by atoms with Crippen LogP contribution in [-0.2, 0) is 11.3 Å². The molecule has 1 amide bonds. The lowest BCUT2D eigenvalue weighted by Crippen LogP contribution is -2.33. The first-order chi connectivity index (χ1) is 10.9. The van der Waals surface area contributed by atoms with Gasteiger partial charge in [-0.15, -0.1) is 0 Å². The van der Waals surface area contributed by atoms with E-state index in [2.05, 4.69) is 27.5 Å². The summed E-state index contributed by atoms with van der Waals surface area (Å²) in [6.45, 7) is 9.16. The second kappa shape index (κ2) is 7.55. The van der Waals surface area contributed by atoms with Crippen molar-refractivity contribution in [3.05, 3.63) is 51.5 Å². The third-order valence-electron chi connectivity index (χ3n) is 3.55. The molecule has 0 aliphatic rings. The fourth-order valence-electron chi connectivity index (χ4n) is 2.37. The molecule has 0 spiro atoms. The zero-order valence-corrected chi connectivity index (χ0v) is 15.0. The predicted molar refractivity (Wildman–Crippen MR) is 95.4 cm³/mol. The molecule has 1 heterocycles. The summed E-state index contributed by atoms with van der Waals surface area (Å²) in [4.78, 5) is 30.7. The standard InChI is InChI=1S/C17H20BrN3O2/c1-4-20(10-12(2)3)16(22)7-8-21-11-19-15-6-5-13(18)9-14(15)17(21)23/h5-6,9,11H,2,4,7-8,10H2,1,3H3. The minimum atomic E-state index is -0.132. The van der Waals surface area contributed by atoms with Crippen molar-refractivity contribution in [2.45, 2.75) is 26.8 Å². The number of aryl methyl sites for hydroxylation is 1. The number of carbonyl (C=O) groups is 1. The van der Waals surface area contributed by atoms with E-state index in [0.717, 1.165) is 10.0 Å². The average molecular weight is 378 g/mol. The van der Waals surface area contributed by atoms with Crippen LogP contribution in [-0.4, -0.2) is 33.4 Å². The fourth-order valence-corrected chi connectivity index (χ4v) is 2.73. The van der Waals surface area contributed by atoms with E-state index in [9.17, 15) is 9.59 Å². The maximum absolute atomic E-state index is 12.5. The normalized spacial score (nSPS) is 10.7. The molecule has 0 atom stereocenters. The molecule has 0 saturated heterocycles. The van der Waals surface area contributed by atoms with Gasteiger partial charge < -0.3 is 4.90 Å². The lowest BCUT2D eigenvalue weighted by molar-refractivity contribution is -0.130. The van der Waals surface area contributed by atoms with Crippen molar-refractivity contribution in [1.29, 1.82) is 0 Å². The summed E-state index contributed by atoms with van der Waals surface area (Å²) in [7, 11) is 0. The van der Waals surface area contributed by atoms with Gasteiger partial charge in [-0.25, -0.2) is 4.98 Å². The highest BCUT2D eigenvalue weighted by Gasteiger charge is 2.12. The van der Waals surface area contributed by atoms with Crippen LogP contribution in [0.25, 0.3) is 10.9 Å². The van der Waals surface area contributed by atoms with Crippen LogP contribution in [0.2, 0.25) is 0 Å². The van der Waals surface area contributed by atoms with Crippen LogP contribution in [0.5, 0.6) is 0 Å². The Morgan fingerprint density at radius 1 is 1.43 bits per heavy atom. The van der Waals surface area contributed by atoms with Gasteiger partial charge >= 0.3 is 0 Å². The molecule has 0 N–H and O–H groups in total. The topological polar surface area (TPSA) is 55.2 Å². The highest BCUT2D eigenvalue weighted by molar-refractivity contribution is 9.10. The number of carbonyl (C=O) groups excluding carboxylic acids is 1. The van der Waals surface area contributed by atoms with Crippen LogP contribution < -0.4 is 5.56 Å². The SMILES string of the molecule is C=C(C)CN(CC)C(=O)CCn1cnc2ccc(Br)cc2c1=O. The molecule has 0 bridgehead atoms. The Labute approximate surface area is 143 Å². The van der Waals surface area contributed by atoms with Gasteiger partial charge in [0.2, 0.25) is 5.91 Å². The molecule has 0 aliphatic carbocycles. The van der Waals surface area contributed by atoms with Gasteiger partial charge in [0, 0.05) is 30.5 Å². The number of hydrogen-bond donors (Lipinski definition) is 0. The van der Waals surface area contributed by atoms with Gasteiger partial charge in [-0.2, -0.15) is 0 Å². The first-order valence-electron chi connectivity index (χ1n) is 7.49. The highest BCUT2D eigenvalue weighted by atomic mass is 79.9. The third-order valence-corrected chi connectivity index (χ3v) is 4.04. The van der Waals surface area contributed by atoms with Gasteiger partial charge in [0.15, 0.2) is 0 Å². The molecule has 1 aromatic heterocycles. The number of hydrogen-bond acceptors (Lipinski definition) is 3. The number of rotatable bonds is 6. The van der Waals surface area contributed by atoms with Crippen molar-refractivity contribution >= 4 is 32.7 Å². The van der Waals surface area contributed by atoms with Gasteiger partial charge in [0.05, 0.1) is 17.2 Å². The van der Waals surface area contributed by atoms with E-state index in [1.165, 1.54) is 10.9 Å². The summed E-state index contributed by atoms with van der Waals surface area (Å²) < 4.78 is 2.32. The maximum atomic E-state index is 12.5. The summed E-state index contributed by atoms with van der Waals surface area (Å²) >= 11 is 3.36. The highest BCUT2D eigenvalue weighted by Crippen LogP contribution is 2.14. The largest absolute Gasteiger partial charge is 0.339 e. The van der Waals surface area contributed by atoms with Crippen LogP contribution in [0, 0.1) is 0 Å². The third kappa shape index (κ3) is 4.28. The van der Waals surface area contributed by atoms with Crippen LogP contribution in [0.4, 0.5) is 0 Å². The minimum absolute atomic E-state index is 0.0109. The number of halogens is 1. The Kier molecular flexibility index (Phi) is 5.71. The van der Waals surface area contributed by atoms with Crippen molar-refractivity contribution in [3.8, 4) is 0 Å². The molecule has 2 aromatic rings. The van der Waals surface area contributed by atoms with Crippen LogP contribution >= 0.6 is 15.9 Å². The van der Waals surface area contributed by atoms with Gasteiger partial charge in [0.25, 0.3) is 5.56 Å². The molecule has 0 aliphatic heterocycles. The number of fused-ring (bicyclic) bond motifs is 1. The van der Waals surface area contributed by atoms with Gasteiger partial charge in [0.1, 0.15) is 0 Å². The first kappa shape index (κ1) is 17.4. The number of likely N-dealkylation sites (N-methyl/N-ethyl adjacent to an activating group) is 1. The van der Waals surface area contributed by atoms with Gasteiger partial charge in [-0.1, -0.05) is 28.1 Å². The smallest absolute Gasteiger partial charge is 0.261 e. The van der Waals surface area contributed by atoms with Gasteiger partial charge in [-0.05, 0) is 32.0 Å². The van der Waals surface area contributed by atoms with Crippen molar-refractivity contribution in [3.63, 3.8) is 0 Å². The lowest BCUT2D eigenvalue weighted by atomic mass is 10.2. The molecule has 23 heavy (non-hydrogen) atoms. The Hall–Kier alpha value is -1.95. The maximum Gasteiger partial charge on any atom is 0.261 e. The van der Waals surface area contributed by atoms with Gasteiger partial charge in [-0.3, -0.25) is 14.2 Å². The Balaban J connectivity index is 2.16. The Bertz CT molecular complexity index is 798.